The average Bonchev–Trinajstić information content (AvgIpc) is 2.75. The average molecular weight is 402 g/mol. The number of aryl methyl sites for hydroxylation is 3. The monoisotopic (exact) mass is 402 g/mol. The van der Waals surface area contributed by atoms with Crippen molar-refractivity contribution >= 4 is 23.2 Å². The molecule has 2 amide bonds. The molecule has 0 aliphatic carbocycles. The molecule has 0 saturated carbocycles. The predicted octanol–water partition coefficient (Wildman–Crippen LogP) is 5.14. The molecule has 2 N–H and O–H groups in total. The van der Waals surface area contributed by atoms with Gasteiger partial charge in [-0.1, -0.05) is 55.5 Å². The first-order valence-electron chi connectivity index (χ1n) is 9.96. The van der Waals surface area contributed by atoms with Crippen molar-refractivity contribution in [2.45, 2.75) is 27.2 Å². The number of ether oxygens (including phenoxy) is 1. The summed E-state index contributed by atoms with van der Waals surface area (Å²) in [7, 11) is 0. The first kappa shape index (κ1) is 21.1. The van der Waals surface area contributed by atoms with Crippen LogP contribution in [0.5, 0.6) is 5.75 Å². The molecule has 3 aromatic rings. The molecule has 0 heterocycles. The Hall–Kier alpha value is -3.60. The van der Waals surface area contributed by atoms with E-state index in [1.807, 2.05) is 63.2 Å². The fourth-order valence-electron chi connectivity index (χ4n) is 3.25. The van der Waals surface area contributed by atoms with E-state index in [9.17, 15) is 9.59 Å². The van der Waals surface area contributed by atoms with Gasteiger partial charge in [-0.3, -0.25) is 9.59 Å². The third kappa shape index (κ3) is 5.06. The van der Waals surface area contributed by atoms with E-state index < -0.39 is 0 Å². The third-order valence-corrected chi connectivity index (χ3v) is 4.88. The minimum Gasteiger partial charge on any atom is -0.483 e. The van der Waals surface area contributed by atoms with E-state index in [1.165, 1.54) is 0 Å². The molecule has 0 unspecified atom stereocenters. The second-order valence-electron chi connectivity index (χ2n) is 7.06. The van der Waals surface area contributed by atoms with Gasteiger partial charge in [-0.05, 0) is 55.2 Å². The minimum atomic E-state index is -0.278. The van der Waals surface area contributed by atoms with Crippen LogP contribution in [-0.2, 0) is 11.2 Å². The zero-order chi connectivity index (χ0) is 21.5. The maximum absolute atomic E-state index is 12.9. The standard InChI is InChI=1S/C25H26N2O3/c1-4-19-12-5-7-14-21(19)26-23(28)16-30-22-15-8-6-13-20(22)25(29)27-24-17(2)10-9-11-18(24)3/h5-15H,4,16H2,1-3H3,(H,26,28)(H,27,29). The molecule has 0 fully saturated rings. The normalized spacial score (nSPS) is 10.4. The van der Waals surface area contributed by atoms with Crippen LogP contribution >= 0.6 is 0 Å². The Morgan fingerprint density at radius 2 is 1.50 bits per heavy atom. The zero-order valence-electron chi connectivity index (χ0n) is 17.5. The highest BCUT2D eigenvalue weighted by Crippen LogP contribution is 2.24. The van der Waals surface area contributed by atoms with E-state index in [-0.39, 0.29) is 18.4 Å². The van der Waals surface area contributed by atoms with Crippen LogP contribution in [0.2, 0.25) is 0 Å². The maximum atomic E-state index is 12.9. The van der Waals surface area contributed by atoms with E-state index in [0.717, 1.165) is 34.5 Å². The molecule has 0 saturated heterocycles. The van der Waals surface area contributed by atoms with Gasteiger partial charge in [-0.2, -0.15) is 0 Å². The molecule has 0 aromatic heterocycles. The summed E-state index contributed by atoms with van der Waals surface area (Å²) in [5.41, 5.74) is 4.95. The van der Waals surface area contributed by atoms with Gasteiger partial charge >= 0.3 is 0 Å². The molecule has 0 spiro atoms. The van der Waals surface area contributed by atoms with Crippen LogP contribution in [-0.4, -0.2) is 18.4 Å². The van der Waals surface area contributed by atoms with Crippen molar-refractivity contribution in [2.75, 3.05) is 17.2 Å². The summed E-state index contributed by atoms with van der Waals surface area (Å²) in [6, 6.07) is 20.4. The topological polar surface area (TPSA) is 67.4 Å². The van der Waals surface area contributed by atoms with Crippen molar-refractivity contribution in [2.24, 2.45) is 0 Å². The maximum Gasteiger partial charge on any atom is 0.262 e. The number of nitrogens with one attached hydrogen (secondary N) is 2. The summed E-state index contributed by atoms with van der Waals surface area (Å²) in [4.78, 5) is 25.2. The molecule has 0 atom stereocenters. The van der Waals surface area contributed by atoms with Gasteiger partial charge in [0.1, 0.15) is 5.75 Å². The number of hydrogen-bond donors (Lipinski definition) is 2. The van der Waals surface area contributed by atoms with Crippen LogP contribution in [0.4, 0.5) is 11.4 Å². The van der Waals surface area contributed by atoms with Crippen molar-refractivity contribution in [3.63, 3.8) is 0 Å². The van der Waals surface area contributed by atoms with Crippen molar-refractivity contribution in [1.82, 2.24) is 0 Å². The van der Waals surface area contributed by atoms with E-state index in [1.54, 1.807) is 24.3 Å². The van der Waals surface area contributed by atoms with Gasteiger partial charge in [0.25, 0.3) is 11.8 Å². The number of rotatable bonds is 7. The highest BCUT2D eigenvalue weighted by Gasteiger charge is 2.15. The summed E-state index contributed by atoms with van der Waals surface area (Å²) in [5.74, 6) is -0.194. The molecule has 0 aliphatic rings. The highest BCUT2D eigenvalue weighted by atomic mass is 16.5. The van der Waals surface area contributed by atoms with Gasteiger partial charge in [0.2, 0.25) is 0 Å². The van der Waals surface area contributed by atoms with Gasteiger partial charge in [-0.25, -0.2) is 0 Å². The van der Waals surface area contributed by atoms with E-state index in [4.69, 9.17) is 4.74 Å². The number of carbonyl (C=O) groups excluding carboxylic acids is 2. The van der Waals surface area contributed by atoms with Crippen LogP contribution in [0.15, 0.2) is 66.7 Å². The molecule has 0 bridgehead atoms. The molecular weight excluding hydrogens is 376 g/mol. The van der Waals surface area contributed by atoms with Crippen molar-refractivity contribution in [3.8, 4) is 5.75 Å². The zero-order valence-corrected chi connectivity index (χ0v) is 17.5. The van der Waals surface area contributed by atoms with E-state index in [0.29, 0.717) is 11.3 Å². The molecule has 5 heteroatoms. The van der Waals surface area contributed by atoms with Crippen LogP contribution in [0.25, 0.3) is 0 Å². The summed E-state index contributed by atoms with van der Waals surface area (Å²) in [6.45, 7) is 5.74. The van der Waals surface area contributed by atoms with Crippen LogP contribution in [0, 0.1) is 13.8 Å². The molecule has 0 aliphatic heterocycles. The number of hydrogen-bond acceptors (Lipinski definition) is 3. The van der Waals surface area contributed by atoms with Gasteiger partial charge in [0.15, 0.2) is 6.61 Å². The van der Waals surface area contributed by atoms with Gasteiger partial charge in [-0.15, -0.1) is 0 Å². The number of carbonyl (C=O) groups is 2. The molecule has 3 rings (SSSR count). The fraction of sp³-hybridized carbons (Fsp3) is 0.200. The second kappa shape index (κ2) is 9.74. The van der Waals surface area contributed by atoms with Crippen LogP contribution in [0.3, 0.4) is 0 Å². The molecular formula is C25H26N2O3. The van der Waals surface area contributed by atoms with Gasteiger partial charge in [0, 0.05) is 11.4 Å². The predicted molar refractivity (Wildman–Crippen MR) is 120 cm³/mol. The first-order valence-corrected chi connectivity index (χ1v) is 9.96. The number of para-hydroxylation sites is 3. The van der Waals surface area contributed by atoms with E-state index >= 15 is 0 Å². The number of anilines is 2. The van der Waals surface area contributed by atoms with Gasteiger partial charge in [0.05, 0.1) is 5.56 Å². The quantitative estimate of drug-likeness (QED) is 0.575. The van der Waals surface area contributed by atoms with Crippen molar-refractivity contribution in [3.05, 3.63) is 89.0 Å². The fourth-order valence-corrected chi connectivity index (χ4v) is 3.25. The lowest BCUT2D eigenvalue weighted by atomic mass is 10.1. The Balaban J connectivity index is 1.69. The molecule has 5 nitrogen and oxygen atoms in total. The lowest BCUT2D eigenvalue weighted by Crippen LogP contribution is -2.22. The lowest BCUT2D eigenvalue weighted by molar-refractivity contribution is -0.118. The van der Waals surface area contributed by atoms with Crippen LogP contribution < -0.4 is 15.4 Å². The van der Waals surface area contributed by atoms with Crippen molar-refractivity contribution in [1.29, 1.82) is 0 Å². The molecule has 154 valence electrons. The minimum absolute atomic E-state index is 0.189. The Kier molecular flexibility index (Phi) is 6.86. The third-order valence-electron chi connectivity index (χ3n) is 4.88. The second-order valence-corrected chi connectivity index (χ2v) is 7.06. The van der Waals surface area contributed by atoms with Gasteiger partial charge < -0.3 is 15.4 Å². The first-order chi connectivity index (χ1) is 14.5. The van der Waals surface area contributed by atoms with E-state index in [2.05, 4.69) is 10.6 Å². The molecule has 30 heavy (non-hydrogen) atoms. The smallest absolute Gasteiger partial charge is 0.262 e. The summed E-state index contributed by atoms with van der Waals surface area (Å²) in [5, 5.41) is 5.83. The lowest BCUT2D eigenvalue weighted by Gasteiger charge is -2.15. The van der Waals surface area contributed by atoms with Crippen LogP contribution in [0.1, 0.15) is 34.0 Å². The Labute approximate surface area is 177 Å². The SMILES string of the molecule is CCc1ccccc1NC(=O)COc1ccccc1C(=O)Nc1c(C)cccc1C. The molecule has 0 radical (unpaired) electrons. The number of amides is 2. The summed E-state index contributed by atoms with van der Waals surface area (Å²) < 4.78 is 5.69. The highest BCUT2D eigenvalue weighted by molar-refractivity contribution is 6.07. The summed E-state index contributed by atoms with van der Waals surface area (Å²) in [6.07, 6.45) is 0.818. The Morgan fingerprint density at radius 1 is 0.833 bits per heavy atom. The number of benzene rings is 3. The Morgan fingerprint density at radius 3 is 2.23 bits per heavy atom. The summed E-state index contributed by atoms with van der Waals surface area (Å²) >= 11 is 0. The Bertz CT molecular complexity index is 1040. The largest absolute Gasteiger partial charge is 0.483 e. The van der Waals surface area contributed by atoms with Crippen molar-refractivity contribution < 1.29 is 14.3 Å². The molecule has 3 aromatic carbocycles.